The Bertz CT molecular complexity index is 1450. The molecule has 2 heterocycles. The van der Waals surface area contributed by atoms with Crippen molar-refractivity contribution >= 4 is 29.6 Å². The number of para-hydroxylation sites is 1. The summed E-state index contributed by atoms with van der Waals surface area (Å²) in [5.41, 5.74) is 3.86. The maximum Gasteiger partial charge on any atom is 0.328 e. The number of ether oxygens (including phenoxy) is 1. The molecular formula is C28H29N5O3S+. The predicted molar refractivity (Wildman–Crippen MR) is 145 cm³/mol. The van der Waals surface area contributed by atoms with Gasteiger partial charge in [-0.15, -0.1) is 9.78 Å². The molecule has 0 spiro atoms. The molecule has 0 saturated carbocycles. The highest BCUT2D eigenvalue weighted by molar-refractivity contribution is 7.71. The van der Waals surface area contributed by atoms with E-state index in [1.165, 1.54) is 0 Å². The third kappa shape index (κ3) is 5.67. The molecular weight excluding hydrogens is 486 g/mol. The van der Waals surface area contributed by atoms with Crippen LogP contribution in [0.25, 0.3) is 11.4 Å². The number of hydrogen-bond donors (Lipinski definition) is 3. The van der Waals surface area contributed by atoms with Gasteiger partial charge in [0.15, 0.2) is 6.73 Å². The van der Waals surface area contributed by atoms with Gasteiger partial charge in [0, 0.05) is 37.0 Å². The molecule has 189 valence electrons. The van der Waals surface area contributed by atoms with Crippen molar-refractivity contribution in [2.45, 2.75) is 19.8 Å². The van der Waals surface area contributed by atoms with Gasteiger partial charge in [-0.25, -0.2) is 0 Å². The number of hydrogen-bond acceptors (Lipinski definition) is 5. The van der Waals surface area contributed by atoms with Gasteiger partial charge in [0.05, 0.1) is 13.0 Å². The lowest BCUT2D eigenvalue weighted by atomic mass is 10.1. The van der Waals surface area contributed by atoms with Crippen molar-refractivity contribution in [2.24, 2.45) is 5.92 Å². The normalized spacial score (nSPS) is 15.1. The van der Waals surface area contributed by atoms with Crippen LogP contribution in [-0.2, 0) is 4.79 Å². The van der Waals surface area contributed by atoms with Gasteiger partial charge in [0.2, 0.25) is 5.82 Å². The lowest BCUT2D eigenvalue weighted by Crippen LogP contribution is -2.34. The summed E-state index contributed by atoms with van der Waals surface area (Å²) in [5.74, 6) is 1.00. The minimum Gasteiger partial charge on any atom is -0.481 e. The van der Waals surface area contributed by atoms with Crippen LogP contribution in [0, 0.1) is 24.2 Å². The number of carboxylic acids is 1. The molecule has 1 atom stereocenters. The third-order valence-electron chi connectivity index (χ3n) is 6.41. The number of nitrogens with one attached hydrogen (secondary N) is 2. The van der Waals surface area contributed by atoms with Crippen LogP contribution in [0.1, 0.15) is 18.7 Å². The fourth-order valence-corrected chi connectivity index (χ4v) is 4.95. The Hall–Kier alpha value is -4.11. The molecule has 1 saturated heterocycles. The highest BCUT2D eigenvalue weighted by atomic mass is 32.1. The molecule has 8 nitrogen and oxygen atoms in total. The van der Waals surface area contributed by atoms with E-state index >= 15 is 0 Å². The predicted octanol–water partition coefficient (Wildman–Crippen LogP) is 5.03. The largest absolute Gasteiger partial charge is 0.481 e. The number of aliphatic carboxylic acids is 1. The number of H-pyrrole nitrogens is 1. The van der Waals surface area contributed by atoms with Crippen molar-refractivity contribution in [3.05, 3.63) is 96.0 Å². The Morgan fingerprint density at radius 2 is 1.89 bits per heavy atom. The lowest BCUT2D eigenvalue weighted by molar-refractivity contribution is -0.610. The van der Waals surface area contributed by atoms with Crippen LogP contribution in [0.2, 0.25) is 0 Å². The minimum atomic E-state index is -0.764. The number of aromatic nitrogens is 3. The molecule has 5 rings (SSSR count). The van der Waals surface area contributed by atoms with Gasteiger partial charge < -0.3 is 20.1 Å². The first-order chi connectivity index (χ1) is 18.0. The van der Waals surface area contributed by atoms with E-state index in [0.29, 0.717) is 11.5 Å². The molecule has 1 radical (unpaired) electrons. The van der Waals surface area contributed by atoms with E-state index in [9.17, 15) is 4.79 Å². The summed E-state index contributed by atoms with van der Waals surface area (Å²) < 4.78 is 10.6. The first-order valence-electron chi connectivity index (χ1n) is 12.2. The van der Waals surface area contributed by atoms with E-state index in [1.807, 2.05) is 102 Å². The van der Waals surface area contributed by atoms with Gasteiger partial charge >= 0.3 is 10.7 Å². The van der Waals surface area contributed by atoms with E-state index in [1.54, 1.807) is 0 Å². The molecule has 1 fully saturated rings. The molecule has 3 aromatic carbocycles. The van der Waals surface area contributed by atoms with Crippen LogP contribution < -0.4 is 19.5 Å². The maximum absolute atomic E-state index is 11.0. The monoisotopic (exact) mass is 515 g/mol. The maximum atomic E-state index is 11.0. The number of rotatable bonds is 9. The second-order valence-corrected chi connectivity index (χ2v) is 9.36. The number of benzene rings is 3. The molecule has 4 aromatic rings. The Morgan fingerprint density at radius 3 is 2.70 bits per heavy atom. The zero-order chi connectivity index (χ0) is 25.8. The van der Waals surface area contributed by atoms with Gasteiger partial charge in [-0.3, -0.25) is 4.79 Å². The van der Waals surface area contributed by atoms with Crippen LogP contribution in [-0.4, -0.2) is 34.1 Å². The van der Waals surface area contributed by atoms with E-state index in [-0.39, 0.29) is 12.3 Å². The second kappa shape index (κ2) is 10.9. The van der Waals surface area contributed by atoms with Crippen LogP contribution >= 0.6 is 12.2 Å². The number of nitrogens with zero attached hydrogens (tertiary/aromatic N) is 3. The summed E-state index contributed by atoms with van der Waals surface area (Å²) in [6.07, 6.45) is 1.00. The molecule has 0 bridgehead atoms. The molecule has 37 heavy (non-hydrogen) atoms. The summed E-state index contributed by atoms with van der Waals surface area (Å²) in [7, 11) is 0. The van der Waals surface area contributed by atoms with Crippen molar-refractivity contribution in [2.75, 3.05) is 23.5 Å². The number of carboxylic acid groups (broad SMARTS) is 1. The Labute approximate surface area is 220 Å². The zero-order valence-corrected chi connectivity index (χ0v) is 21.3. The Balaban J connectivity index is 1.24. The quantitative estimate of drug-likeness (QED) is 0.165. The molecule has 0 aliphatic carbocycles. The van der Waals surface area contributed by atoms with E-state index in [0.717, 1.165) is 47.3 Å². The minimum absolute atomic E-state index is 0.0651. The third-order valence-corrected chi connectivity index (χ3v) is 6.68. The molecule has 1 aliphatic heterocycles. The average molecular weight is 516 g/mol. The molecule has 0 amide bonds. The second-order valence-electron chi connectivity index (χ2n) is 8.97. The Kier molecular flexibility index (Phi) is 7.23. The summed E-state index contributed by atoms with van der Waals surface area (Å²) >= 11 is 5.63. The highest BCUT2D eigenvalue weighted by Gasteiger charge is 2.25. The molecule has 1 aromatic heterocycles. The fraction of sp³-hybridized carbons (Fsp3) is 0.214. The standard InChI is InChI=1S/C28H28N5O3S/c1-20-32(28(37)30-33(20)23-8-3-2-4-9-23)25-11-5-7-22(16-25)29-19-36-26-12-6-10-24(17-26)31-14-13-21(18-31)15-27(34)35/h2-12,16-18,21,29H,13-15,19H2,1H3,(H-,30,34,35,37)/p+1. The van der Waals surface area contributed by atoms with Gasteiger partial charge in [-0.1, -0.05) is 30.3 Å². The van der Waals surface area contributed by atoms with Gasteiger partial charge in [-0.2, -0.15) is 4.57 Å². The van der Waals surface area contributed by atoms with E-state index in [4.69, 9.17) is 22.1 Å². The molecule has 1 aliphatic rings. The smallest absolute Gasteiger partial charge is 0.328 e. The number of aromatic amines is 1. The fourth-order valence-electron chi connectivity index (χ4n) is 4.62. The lowest BCUT2D eigenvalue weighted by Gasteiger charge is -2.19. The van der Waals surface area contributed by atoms with Crippen molar-refractivity contribution in [1.29, 1.82) is 0 Å². The van der Waals surface area contributed by atoms with Crippen LogP contribution in [0.15, 0.2) is 78.9 Å². The Morgan fingerprint density at radius 1 is 1.11 bits per heavy atom. The zero-order valence-electron chi connectivity index (χ0n) is 20.5. The number of carbonyl (C=O) groups is 1. The molecule has 3 N–H and O–H groups in total. The van der Waals surface area contributed by atoms with Crippen molar-refractivity contribution < 1.29 is 19.2 Å². The summed E-state index contributed by atoms with van der Waals surface area (Å²) in [6.45, 7) is 5.13. The van der Waals surface area contributed by atoms with Crippen LogP contribution in [0.3, 0.4) is 0 Å². The first-order valence-corrected chi connectivity index (χ1v) is 12.6. The highest BCUT2D eigenvalue weighted by Crippen LogP contribution is 2.31. The van der Waals surface area contributed by atoms with Gasteiger partial charge in [0.25, 0.3) is 0 Å². The summed E-state index contributed by atoms with van der Waals surface area (Å²) in [4.78, 5) is 13.1. The number of anilines is 2. The average Bonchev–Trinajstić information content (AvgIpc) is 3.48. The van der Waals surface area contributed by atoms with Crippen LogP contribution in [0.5, 0.6) is 5.75 Å². The van der Waals surface area contributed by atoms with E-state index < -0.39 is 5.97 Å². The van der Waals surface area contributed by atoms with Crippen molar-refractivity contribution in [3.8, 4) is 17.1 Å². The summed E-state index contributed by atoms with van der Waals surface area (Å²) in [6, 6.07) is 25.9. The van der Waals surface area contributed by atoms with Crippen molar-refractivity contribution in [1.82, 2.24) is 9.78 Å². The van der Waals surface area contributed by atoms with Gasteiger partial charge in [-0.05, 0) is 61.0 Å². The van der Waals surface area contributed by atoms with Crippen molar-refractivity contribution in [3.63, 3.8) is 0 Å². The molecule has 9 heteroatoms. The molecule has 1 unspecified atom stereocenters. The summed E-state index contributed by atoms with van der Waals surface area (Å²) in [5, 5.41) is 15.6. The topological polar surface area (TPSA) is 86.4 Å². The van der Waals surface area contributed by atoms with E-state index in [2.05, 4.69) is 15.3 Å². The van der Waals surface area contributed by atoms with Gasteiger partial charge in [0.1, 0.15) is 17.1 Å². The van der Waals surface area contributed by atoms with Crippen LogP contribution in [0.4, 0.5) is 11.4 Å². The first kappa shape index (κ1) is 24.6. The SMILES string of the molecule is Cc1n(-c2ccccc2)[nH]c(=S)[n+]1-c1cccc(NCOc2cccc(N3[CH]C(CC(=O)O)CC3)c2)c1.